The molecule has 0 atom stereocenters. The first kappa shape index (κ1) is 11.4. The number of methoxy groups -OCH3 is 1. The molecule has 0 amide bonds. The van der Waals surface area contributed by atoms with Crippen molar-refractivity contribution in [2.75, 3.05) is 13.7 Å². The van der Waals surface area contributed by atoms with Crippen LogP contribution in [0.15, 0.2) is 24.5 Å². The number of nitrogens with zero attached hydrogens (tertiary/aromatic N) is 1. The predicted octanol–water partition coefficient (Wildman–Crippen LogP) is 1.23. The maximum atomic E-state index is 11.4. The van der Waals surface area contributed by atoms with Gasteiger partial charge >= 0.3 is 5.97 Å². The average Bonchev–Trinajstić information content (AvgIpc) is 2.29. The molecule has 0 spiro atoms. The zero-order chi connectivity index (χ0) is 11.1. The van der Waals surface area contributed by atoms with Crippen LogP contribution in [-0.4, -0.2) is 24.6 Å². The third-order valence-corrected chi connectivity index (χ3v) is 1.89. The molecule has 80 valence electrons. The maximum Gasteiger partial charge on any atom is 0.338 e. The largest absolute Gasteiger partial charge is 0.465 e. The van der Waals surface area contributed by atoms with Crippen molar-refractivity contribution in [3.8, 4) is 0 Å². The van der Waals surface area contributed by atoms with Gasteiger partial charge in [0.2, 0.25) is 0 Å². The van der Waals surface area contributed by atoms with Crippen LogP contribution in [0.2, 0.25) is 0 Å². The van der Waals surface area contributed by atoms with Gasteiger partial charge in [0.1, 0.15) is 0 Å². The van der Waals surface area contributed by atoms with Crippen molar-refractivity contribution in [3.63, 3.8) is 0 Å². The summed E-state index contributed by atoms with van der Waals surface area (Å²) in [5.74, 6) is -0.357. The first-order chi connectivity index (χ1) is 7.29. The van der Waals surface area contributed by atoms with E-state index in [1.54, 1.807) is 18.5 Å². The minimum absolute atomic E-state index is 0.357. The predicted molar refractivity (Wildman–Crippen MR) is 58.3 cm³/mol. The molecule has 0 fully saturated rings. The Bertz CT molecular complexity index is 361. The fourth-order valence-corrected chi connectivity index (χ4v) is 1.14. The van der Waals surface area contributed by atoms with Gasteiger partial charge in [-0.1, -0.05) is 12.2 Å². The number of ether oxygens (including phenoxy) is 1. The lowest BCUT2D eigenvalue weighted by Crippen LogP contribution is -2.03. The van der Waals surface area contributed by atoms with E-state index in [1.807, 2.05) is 12.2 Å². The molecule has 0 saturated heterocycles. The third-order valence-electron chi connectivity index (χ3n) is 1.89. The Hall–Kier alpha value is -1.68. The lowest BCUT2D eigenvalue weighted by molar-refractivity contribution is 0.0600. The zero-order valence-corrected chi connectivity index (χ0v) is 8.64. The number of hydrogen-bond donors (Lipinski definition) is 1. The first-order valence-electron chi connectivity index (χ1n) is 4.68. The van der Waals surface area contributed by atoms with Gasteiger partial charge in [-0.3, -0.25) is 4.98 Å². The monoisotopic (exact) mass is 206 g/mol. The van der Waals surface area contributed by atoms with E-state index in [2.05, 4.69) is 9.72 Å². The second kappa shape index (κ2) is 5.93. The molecule has 0 aromatic carbocycles. The van der Waals surface area contributed by atoms with E-state index in [0.29, 0.717) is 12.1 Å². The average molecular weight is 206 g/mol. The Morgan fingerprint density at radius 3 is 3.13 bits per heavy atom. The summed E-state index contributed by atoms with van der Waals surface area (Å²) in [6.07, 6.45) is 7.69. The Balaban J connectivity index is 2.91. The van der Waals surface area contributed by atoms with Crippen molar-refractivity contribution in [1.29, 1.82) is 0 Å². The maximum absolute atomic E-state index is 11.4. The molecule has 0 bridgehead atoms. The molecule has 1 heterocycles. The van der Waals surface area contributed by atoms with Crippen LogP contribution in [0.4, 0.5) is 0 Å². The second-order valence-corrected chi connectivity index (χ2v) is 2.93. The molecule has 0 saturated carbocycles. The van der Waals surface area contributed by atoms with Crippen LogP contribution in [0.5, 0.6) is 0 Å². The van der Waals surface area contributed by atoms with Crippen LogP contribution in [0.3, 0.4) is 0 Å². The van der Waals surface area contributed by atoms with Crippen molar-refractivity contribution in [1.82, 2.24) is 4.98 Å². The molecule has 4 nitrogen and oxygen atoms in total. The molecule has 0 unspecified atom stereocenters. The van der Waals surface area contributed by atoms with E-state index in [9.17, 15) is 4.79 Å². The Morgan fingerprint density at radius 2 is 2.47 bits per heavy atom. The lowest BCUT2D eigenvalue weighted by atomic mass is 10.1. The van der Waals surface area contributed by atoms with Crippen molar-refractivity contribution in [2.24, 2.45) is 5.73 Å². The quantitative estimate of drug-likeness (QED) is 0.752. The van der Waals surface area contributed by atoms with Crippen LogP contribution in [0.1, 0.15) is 22.3 Å². The summed E-state index contributed by atoms with van der Waals surface area (Å²) in [5.41, 5.74) is 6.62. The van der Waals surface area contributed by atoms with E-state index in [0.717, 1.165) is 12.0 Å². The molecule has 1 aromatic rings. The molecule has 4 heteroatoms. The highest BCUT2D eigenvalue weighted by atomic mass is 16.5. The van der Waals surface area contributed by atoms with Gasteiger partial charge in [0.25, 0.3) is 0 Å². The zero-order valence-electron chi connectivity index (χ0n) is 8.64. The highest BCUT2D eigenvalue weighted by molar-refractivity contribution is 5.93. The number of carbonyl (C=O) groups is 1. The number of nitrogens with two attached hydrogens (primary N) is 1. The summed E-state index contributed by atoms with van der Waals surface area (Å²) < 4.78 is 4.66. The van der Waals surface area contributed by atoms with Crippen LogP contribution in [-0.2, 0) is 4.74 Å². The van der Waals surface area contributed by atoms with Gasteiger partial charge in [0.05, 0.1) is 12.7 Å². The molecule has 0 aliphatic rings. The highest BCUT2D eigenvalue weighted by Crippen LogP contribution is 2.10. The topological polar surface area (TPSA) is 65.2 Å². The summed E-state index contributed by atoms with van der Waals surface area (Å²) in [6.45, 7) is 0.588. The van der Waals surface area contributed by atoms with E-state index < -0.39 is 0 Å². The minimum Gasteiger partial charge on any atom is -0.465 e. The normalized spacial score (nSPS) is 10.5. The fraction of sp³-hybridized carbons (Fsp3) is 0.273. The Morgan fingerprint density at radius 1 is 1.67 bits per heavy atom. The molecule has 0 radical (unpaired) electrons. The number of hydrogen-bond acceptors (Lipinski definition) is 4. The van der Waals surface area contributed by atoms with Gasteiger partial charge in [-0.05, 0) is 19.0 Å². The SMILES string of the molecule is COC(=O)c1ccncc1C=CCCN. The van der Waals surface area contributed by atoms with E-state index in [4.69, 9.17) is 5.73 Å². The van der Waals surface area contributed by atoms with Crippen LogP contribution >= 0.6 is 0 Å². The highest BCUT2D eigenvalue weighted by Gasteiger charge is 2.08. The molecule has 1 aromatic heterocycles. The van der Waals surface area contributed by atoms with Gasteiger partial charge in [-0.25, -0.2) is 4.79 Å². The smallest absolute Gasteiger partial charge is 0.338 e. The minimum atomic E-state index is -0.357. The lowest BCUT2D eigenvalue weighted by Gasteiger charge is -2.02. The number of aromatic nitrogens is 1. The molecule has 15 heavy (non-hydrogen) atoms. The summed E-state index contributed by atoms with van der Waals surface area (Å²) in [7, 11) is 1.36. The van der Waals surface area contributed by atoms with E-state index in [-0.39, 0.29) is 5.97 Å². The third kappa shape index (κ3) is 3.18. The van der Waals surface area contributed by atoms with Crippen molar-refractivity contribution in [2.45, 2.75) is 6.42 Å². The number of carbonyl (C=O) groups excluding carboxylic acids is 1. The van der Waals surface area contributed by atoms with Crippen LogP contribution in [0, 0.1) is 0 Å². The van der Waals surface area contributed by atoms with Gasteiger partial charge < -0.3 is 10.5 Å². The first-order valence-corrected chi connectivity index (χ1v) is 4.68. The number of pyridine rings is 1. The number of rotatable bonds is 4. The summed E-state index contributed by atoms with van der Waals surface area (Å²) in [6, 6.07) is 1.63. The van der Waals surface area contributed by atoms with Crippen LogP contribution in [0.25, 0.3) is 6.08 Å². The fourth-order valence-electron chi connectivity index (χ4n) is 1.14. The molecule has 1 rings (SSSR count). The Labute approximate surface area is 88.8 Å². The van der Waals surface area contributed by atoms with E-state index in [1.165, 1.54) is 7.11 Å². The summed E-state index contributed by atoms with van der Waals surface area (Å²) >= 11 is 0. The van der Waals surface area contributed by atoms with Gasteiger partial charge in [0, 0.05) is 18.0 Å². The standard InChI is InChI=1S/C11H14N2O2/c1-15-11(14)10-5-7-13-8-9(10)4-2-3-6-12/h2,4-5,7-8H,3,6,12H2,1H3. The molecular weight excluding hydrogens is 192 g/mol. The number of esters is 1. The van der Waals surface area contributed by atoms with Crippen molar-refractivity contribution in [3.05, 3.63) is 35.7 Å². The Kier molecular flexibility index (Phi) is 4.50. The van der Waals surface area contributed by atoms with Crippen LogP contribution < -0.4 is 5.73 Å². The second-order valence-electron chi connectivity index (χ2n) is 2.93. The van der Waals surface area contributed by atoms with Gasteiger partial charge in [-0.15, -0.1) is 0 Å². The van der Waals surface area contributed by atoms with Gasteiger partial charge in [0.15, 0.2) is 0 Å². The van der Waals surface area contributed by atoms with Gasteiger partial charge in [-0.2, -0.15) is 0 Å². The molecule has 0 aliphatic carbocycles. The van der Waals surface area contributed by atoms with E-state index >= 15 is 0 Å². The van der Waals surface area contributed by atoms with Crippen molar-refractivity contribution >= 4 is 12.0 Å². The molecule has 2 N–H and O–H groups in total. The summed E-state index contributed by atoms with van der Waals surface area (Å²) in [4.78, 5) is 15.3. The summed E-state index contributed by atoms with van der Waals surface area (Å²) in [5, 5.41) is 0. The molecule has 0 aliphatic heterocycles. The molecular formula is C11H14N2O2. The van der Waals surface area contributed by atoms with Crippen molar-refractivity contribution < 1.29 is 9.53 Å².